The Bertz CT molecular complexity index is 496. The number of ether oxygens (including phenoxy) is 1. The van der Waals surface area contributed by atoms with Crippen molar-refractivity contribution in [2.75, 3.05) is 13.7 Å². The molecule has 2 nitrogen and oxygen atoms in total. The lowest BCUT2D eigenvalue weighted by Crippen LogP contribution is -2.10. The Hall–Kier alpha value is -1.80. The van der Waals surface area contributed by atoms with Crippen LogP contribution >= 0.6 is 0 Å². The molecule has 2 rings (SSSR count). The maximum absolute atomic E-state index is 5.76. The Balaban J connectivity index is 2.19. The largest absolute Gasteiger partial charge is 0.497 e. The van der Waals surface area contributed by atoms with Crippen molar-refractivity contribution in [2.24, 2.45) is 5.73 Å². The molecule has 0 aliphatic rings. The van der Waals surface area contributed by atoms with E-state index in [9.17, 15) is 0 Å². The first kappa shape index (κ1) is 13.6. The first-order valence-electron chi connectivity index (χ1n) is 6.71. The highest BCUT2D eigenvalue weighted by Crippen LogP contribution is 2.26. The van der Waals surface area contributed by atoms with Crippen molar-refractivity contribution in [1.82, 2.24) is 0 Å². The summed E-state index contributed by atoms with van der Waals surface area (Å²) in [4.78, 5) is 0. The molecule has 2 N–H and O–H groups in total. The molecule has 0 aromatic heterocycles. The van der Waals surface area contributed by atoms with E-state index in [4.69, 9.17) is 10.5 Å². The lowest BCUT2D eigenvalue weighted by atomic mass is 9.89. The molecule has 0 fully saturated rings. The minimum absolute atomic E-state index is 0.447. The third-order valence-corrected chi connectivity index (χ3v) is 3.41. The summed E-state index contributed by atoms with van der Waals surface area (Å²) in [6, 6.07) is 18.9. The highest BCUT2D eigenvalue weighted by atomic mass is 16.5. The van der Waals surface area contributed by atoms with Gasteiger partial charge >= 0.3 is 0 Å². The molecule has 2 aromatic carbocycles. The van der Waals surface area contributed by atoms with Crippen LogP contribution in [0, 0.1) is 0 Å². The highest BCUT2D eigenvalue weighted by molar-refractivity contribution is 5.32. The van der Waals surface area contributed by atoms with Gasteiger partial charge in [0, 0.05) is 0 Å². The summed E-state index contributed by atoms with van der Waals surface area (Å²) in [6.07, 6.45) is 2.01. The van der Waals surface area contributed by atoms with E-state index < -0.39 is 0 Å². The summed E-state index contributed by atoms with van der Waals surface area (Å²) in [5.74, 6) is 1.36. The molecule has 0 aliphatic carbocycles. The quantitative estimate of drug-likeness (QED) is 0.859. The average molecular weight is 255 g/mol. The number of methoxy groups -OCH3 is 1. The van der Waals surface area contributed by atoms with Crippen LogP contribution in [-0.4, -0.2) is 13.7 Å². The predicted molar refractivity (Wildman–Crippen MR) is 79.6 cm³/mol. The van der Waals surface area contributed by atoms with E-state index in [1.54, 1.807) is 7.11 Å². The van der Waals surface area contributed by atoms with Crippen LogP contribution in [0.2, 0.25) is 0 Å². The molecule has 0 spiro atoms. The topological polar surface area (TPSA) is 35.2 Å². The van der Waals surface area contributed by atoms with Crippen molar-refractivity contribution in [3.8, 4) is 5.75 Å². The minimum atomic E-state index is 0.447. The number of benzene rings is 2. The fraction of sp³-hybridized carbons (Fsp3) is 0.294. The Labute approximate surface area is 115 Å². The second-order valence-corrected chi connectivity index (χ2v) is 4.74. The monoisotopic (exact) mass is 255 g/mol. The van der Waals surface area contributed by atoms with Gasteiger partial charge in [0.25, 0.3) is 0 Å². The van der Waals surface area contributed by atoms with Crippen molar-refractivity contribution >= 4 is 0 Å². The molecule has 0 aliphatic heterocycles. The molecule has 1 atom stereocenters. The van der Waals surface area contributed by atoms with Crippen molar-refractivity contribution in [2.45, 2.75) is 18.8 Å². The molecule has 0 saturated heterocycles. The second kappa shape index (κ2) is 6.95. The summed E-state index contributed by atoms with van der Waals surface area (Å²) >= 11 is 0. The zero-order valence-electron chi connectivity index (χ0n) is 11.4. The van der Waals surface area contributed by atoms with E-state index in [0.29, 0.717) is 12.5 Å². The van der Waals surface area contributed by atoms with Crippen LogP contribution in [0.5, 0.6) is 5.75 Å². The van der Waals surface area contributed by atoms with Crippen LogP contribution in [0.4, 0.5) is 0 Å². The normalized spacial score (nSPS) is 12.1. The van der Waals surface area contributed by atoms with Gasteiger partial charge in [0.1, 0.15) is 5.75 Å². The Morgan fingerprint density at radius 3 is 2.53 bits per heavy atom. The molecule has 0 amide bonds. The van der Waals surface area contributed by atoms with Gasteiger partial charge < -0.3 is 10.5 Å². The van der Waals surface area contributed by atoms with Gasteiger partial charge in [-0.25, -0.2) is 0 Å². The van der Waals surface area contributed by atoms with Crippen molar-refractivity contribution in [1.29, 1.82) is 0 Å². The first-order chi connectivity index (χ1) is 9.33. The molecule has 0 saturated carbocycles. The molecule has 2 aromatic rings. The van der Waals surface area contributed by atoms with Crippen LogP contribution in [0.25, 0.3) is 0 Å². The third kappa shape index (κ3) is 3.83. The van der Waals surface area contributed by atoms with E-state index >= 15 is 0 Å². The number of hydrogen-bond donors (Lipinski definition) is 1. The molecule has 100 valence electrons. The molecule has 0 heterocycles. The third-order valence-electron chi connectivity index (χ3n) is 3.41. The molecule has 0 radical (unpaired) electrons. The van der Waals surface area contributed by atoms with Gasteiger partial charge in [-0.2, -0.15) is 0 Å². The van der Waals surface area contributed by atoms with Gasteiger partial charge in [-0.1, -0.05) is 42.5 Å². The standard InChI is InChI=1S/C17H21NO/c1-19-17-9-5-8-15(13-17)16(10-11-18)12-14-6-3-2-4-7-14/h2-9,13,16H,10-12,18H2,1H3. The summed E-state index contributed by atoms with van der Waals surface area (Å²) < 4.78 is 5.30. The Kier molecular flexibility index (Phi) is 4.99. The van der Waals surface area contributed by atoms with Gasteiger partial charge in [0.05, 0.1) is 7.11 Å². The van der Waals surface area contributed by atoms with Crippen molar-refractivity contribution < 1.29 is 4.74 Å². The van der Waals surface area contributed by atoms with Gasteiger partial charge in [0.2, 0.25) is 0 Å². The summed E-state index contributed by atoms with van der Waals surface area (Å²) in [6.45, 7) is 0.703. The molecule has 1 unspecified atom stereocenters. The Morgan fingerprint density at radius 2 is 1.84 bits per heavy atom. The van der Waals surface area contributed by atoms with Crippen LogP contribution in [0.3, 0.4) is 0 Å². The van der Waals surface area contributed by atoms with E-state index in [2.05, 4.69) is 36.4 Å². The predicted octanol–water partition coefficient (Wildman–Crippen LogP) is 3.37. The maximum atomic E-state index is 5.76. The number of rotatable bonds is 6. The van der Waals surface area contributed by atoms with Gasteiger partial charge in [-0.15, -0.1) is 0 Å². The van der Waals surface area contributed by atoms with Crippen LogP contribution in [0.15, 0.2) is 54.6 Å². The van der Waals surface area contributed by atoms with E-state index in [0.717, 1.165) is 18.6 Å². The van der Waals surface area contributed by atoms with E-state index in [1.165, 1.54) is 11.1 Å². The van der Waals surface area contributed by atoms with E-state index in [1.807, 2.05) is 18.2 Å². The Morgan fingerprint density at radius 1 is 1.05 bits per heavy atom. The molecular formula is C17H21NO. The summed E-state index contributed by atoms with van der Waals surface area (Å²) in [5.41, 5.74) is 8.41. The van der Waals surface area contributed by atoms with Crippen LogP contribution in [-0.2, 0) is 6.42 Å². The summed E-state index contributed by atoms with van der Waals surface area (Å²) in [7, 11) is 1.70. The smallest absolute Gasteiger partial charge is 0.119 e. The molecule has 0 bridgehead atoms. The maximum Gasteiger partial charge on any atom is 0.119 e. The molecule has 2 heteroatoms. The number of hydrogen-bond acceptors (Lipinski definition) is 2. The van der Waals surface area contributed by atoms with Crippen LogP contribution < -0.4 is 10.5 Å². The summed E-state index contributed by atoms with van der Waals surface area (Å²) in [5, 5.41) is 0. The van der Waals surface area contributed by atoms with E-state index in [-0.39, 0.29) is 0 Å². The second-order valence-electron chi connectivity index (χ2n) is 4.74. The van der Waals surface area contributed by atoms with Crippen LogP contribution in [0.1, 0.15) is 23.5 Å². The van der Waals surface area contributed by atoms with Gasteiger partial charge in [0.15, 0.2) is 0 Å². The fourth-order valence-electron chi connectivity index (χ4n) is 2.38. The fourth-order valence-corrected chi connectivity index (χ4v) is 2.38. The first-order valence-corrected chi connectivity index (χ1v) is 6.71. The van der Waals surface area contributed by atoms with Gasteiger partial charge in [-0.05, 0) is 48.6 Å². The number of nitrogens with two attached hydrogens (primary N) is 1. The minimum Gasteiger partial charge on any atom is -0.497 e. The zero-order chi connectivity index (χ0) is 13.5. The lowest BCUT2D eigenvalue weighted by molar-refractivity contribution is 0.413. The SMILES string of the molecule is COc1cccc(C(CCN)Cc2ccccc2)c1. The van der Waals surface area contributed by atoms with Gasteiger partial charge in [-0.3, -0.25) is 0 Å². The molecule has 19 heavy (non-hydrogen) atoms. The zero-order valence-corrected chi connectivity index (χ0v) is 11.4. The average Bonchev–Trinajstić information content (AvgIpc) is 2.48. The van der Waals surface area contributed by atoms with Crippen molar-refractivity contribution in [3.63, 3.8) is 0 Å². The van der Waals surface area contributed by atoms with Crippen molar-refractivity contribution in [3.05, 3.63) is 65.7 Å². The lowest BCUT2D eigenvalue weighted by Gasteiger charge is -2.17. The highest BCUT2D eigenvalue weighted by Gasteiger charge is 2.12. The molecular weight excluding hydrogens is 234 g/mol.